The zero-order valence-corrected chi connectivity index (χ0v) is 20.0. The Morgan fingerprint density at radius 1 is 0.917 bits per heavy atom. The number of nitrogens with two attached hydrogens (primary N) is 1. The van der Waals surface area contributed by atoms with Crippen molar-refractivity contribution in [3.63, 3.8) is 0 Å². The lowest BCUT2D eigenvalue weighted by Crippen LogP contribution is -2.23. The molecular formula is C28H15Cl2N3O3. The van der Waals surface area contributed by atoms with E-state index in [2.05, 4.69) is 6.07 Å². The molecular weight excluding hydrogens is 497 g/mol. The molecule has 5 aromatic rings. The fourth-order valence-electron chi connectivity index (χ4n) is 4.61. The third kappa shape index (κ3) is 3.41. The van der Waals surface area contributed by atoms with Gasteiger partial charge in [-0.15, -0.1) is 0 Å². The fourth-order valence-corrected chi connectivity index (χ4v) is 4.86. The Morgan fingerprint density at radius 3 is 2.28 bits per heavy atom. The molecule has 0 radical (unpaired) electrons. The third-order valence-corrected chi connectivity index (χ3v) is 6.75. The van der Waals surface area contributed by atoms with Crippen molar-refractivity contribution in [3.05, 3.63) is 116 Å². The van der Waals surface area contributed by atoms with E-state index in [1.54, 1.807) is 60.7 Å². The molecule has 0 spiro atoms. The standard InChI is InChI=1S/C28H15Cl2N3O3/c29-16-9-5-14(6-10-16)21-22-24(32)19(13-31)25(15-7-11-17(30)12-8-15)33-27(22)36-26-18-3-1-2-4-20(18)35-28(34)23(21)26/h1-12,21H,(H2,32,33). The zero-order valence-electron chi connectivity index (χ0n) is 18.5. The molecule has 0 saturated carbocycles. The van der Waals surface area contributed by atoms with Crippen LogP contribution in [0.15, 0.2) is 82.0 Å². The van der Waals surface area contributed by atoms with Crippen LogP contribution >= 0.6 is 23.2 Å². The number of pyridine rings is 1. The number of anilines is 1. The van der Waals surface area contributed by atoms with Gasteiger partial charge in [0.05, 0.1) is 33.8 Å². The molecule has 1 unspecified atom stereocenters. The lowest BCUT2D eigenvalue weighted by molar-refractivity contribution is 0.425. The molecule has 2 aromatic heterocycles. The molecule has 3 aromatic carbocycles. The minimum absolute atomic E-state index is 0.172. The molecule has 0 amide bonds. The van der Waals surface area contributed by atoms with E-state index in [1.165, 1.54) is 0 Å². The highest BCUT2D eigenvalue weighted by Crippen LogP contribution is 2.51. The average Bonchev–Trinajstić information content (AvgIpc) is 2.88. The van der Waals surface area contributed by atoms with E-state index in [9.17, 15) is 10.1 Å². The van der Waals surface area contributed by atoms with Crippen molar-refractivity contribution in [3.8, 4) is 29.0 Å². The van der Waals surface area contributed by atoms with Crippen molar-refractivity contribution in [1.82, 2.24) is 4.98 Å². The maximum absolute atomic E-state index is 13.3. The van der Waals surface area contributed by atoms with Gasteiger partial charge in [0, 0.05) is 15.6 Å². The summed E-state index contributed by atoms with van der Waals surface area (Å²) < 4.78 is 12.0. The molecule has 174 valence electrons. The SMILES string of the molecule is N#Cc1c(-c2ccc(Cl)cc2)nc2c(c1N)C(c1ccc(Cl)cc1)c1c(c3ccccc3oc1=O)O2. The molecule has 2 N–H and O–H groups in total. The van der Waals surface area contributed by atoms with Crippen LogP contribution in [0.4, 0.5) is 5.69 Å². The zero-order chi connectivity index (χ0) is 25.0. The van der Waals surface area contributed by atoms with Crippen molar-refractivity contribution in [1.29, 1.82) is 5.26 Å². The second kappa shape index (κ2) is 8.42. The summed E-state index contributed by atoms with van der Waals surface area (Å²) in [6.45, 7) is 0. The number of benzene rings is 3. The maximum atomic E-state index is 13.3. The number of fused-ring (bicyclic) bond motifs is 4. The van der Waals surface area contributed by atoms with Crippen LogP contribution in [0.1, 0.15) is 28.2 Å². The molecule has 0 aliphatic carbocycles. The van der Waals surface area contributed by atoms with Gasteiger partial charge < -0.3 is 14.9 Å². The summed E-state index contributed by atoms with van der Waals surface area (Å²) >= 11 is 12.2. The lowest BCUT2D eigenvalue weighted by Gasteiger charge is -2.29. The molecule has 1 aliphatic rings. The summed E-state index contributed by atoms with van der Waals surface area (Å²) in [5, 5.41) is 11.8. The number of aromatic nitrogens is 1. The first-order valence-electron chi connectivity index (χ1n) is 10.9. The van der Waals surface area contributed by atoms with Gasteiger partial charge in [-0.1, -0.05) is 59.6 Å². The van der Waals surface area contributed by atoms with Crippen LogP contribution in [0.3, 0.4) is 0 Å². The van der Waals surface area contributed by atoms with Gasteiger partial charge in [0.2, 0.25) is 5.88 Å². The van der Waals surface area contributed by atoms with Crippen LogP contribution in [-0.2, 0) is 0 Å². The van der Waals surface area contributed by atoms with Crippen molar-refractivity contribution >= 4 is 39.9 Å². The summed E-state index contributed by atoms with van der Waals surface area (Å²) in [4.78, 5) is 18.1. The Hall–Kier alpha value is -4.31. The van der Waals surface area contributed by atoms with E-state index in [-0.39, 0.29) is 22.7 Å². The van der Waals surface area contributed by atoms with Gasteiger partial charge in [-0.05, 0) is 42.0 Å². The van der Waals surface area contributed by atoms with Crippen LogP contribution in [-0.4, -0.2) is 4.98 Å². The third-order valence-electron chi connectivity index (χ3n) is 6.25. The number of nitrogens with zero attached hydrogens (tertiary/aromatic N) is 2. The molecule has 1 atom stereocenters. The normalized spacial score (nSPS) is 14.0. The minimum Gasteiger partial charge on any atom is -0.437 e. The van der Waals surface area contributed by atoms with Gasteiger partial charge in [-0.25, -0.2) is 9.78 Å². The largest absolute Gasteiger partial charge is 0.437 e. The van der Waals surface area contributed by atoms with E-state index in [4.69, 9.17) is 43.1 Å². The van der Waals surface area contributed by atoms with Gasteiger partial charge in [0.15, 0.2) is 5.75 Å². The molecule has 0 fully saturated rings. The molecule has 6 rings (SSSR count). The molecule has 0 saturated heterocycles. The number of halogens is 2. The highest BCUT2D eigenvalue weighted by atomic mass is 35.5. The van der Waals surface area contributed by atoms with Gasteiger partial charge in [0.1, 0.15) is 17.2 Å². The first kappa shape index (κ1) is 22.2. The second-order valence-electron chi connectivity index (χ2n) is 8.30. The number of nitriles is 1. The second-order valence-corrected chi connectivity index (χ2v) is 9.17. The predicted octanol–water partition coefficient (Wildman–Crippen LogP) is 6.90. The molecule has 3 heterocycles. The van der Waals surface area contributed by atoms with Gasteiger partial charge in [-0.2, -0.15) is 5.26 Å². The van der Waals surface area contributed by atoms with E-state index in [1.807, 2.05) is 12.1 Å². The number of nitrogen functional groups attached to an aromatic ring is 1. The van der Waals surface area contributed by atoms with Crippen LogP contribution in [0.5, 0.6) is 11.6 Å². The van der Waals surface area contributed by atoms with Crippen molar-refractivity contribution in [2.24, 2.45) is 0 Å². The van der Waals surface area contributed by atoms with Gasteiger partial charge in [0.25, 0.3) is 0 Å². The number of hydrogen-bond acceptors (Lipinski definition) is 6. The van der Waals surface area contributed by atoms with Crippen LogP contribution in [0.2, 0.25) is 10.0 Å². The number of para-hydroxylation sites is 1. The van der Waals surface area contributed by atoms with Crippen LogP contribution in [0.25, 0.3) is 22.2 Å². The highest BCUT2D eigenvalue weighted by Gasteiger charge is 2.38. The summed E-state index contributed by atoms with van der Waals surface area (Å²) in [7, 11) is 0. The van der Waals surface area contributed by atoms with Crippen molar-refractivity contribution in [2.75, 3.05) is 5.73 Å². The van der Waals surface area contributed by atoms with Crippen LogP contribution in [0, 0.1) is 11.3 Å². The Bertz CT molecular complexity index is 1770. The Morgan fingerprint density at radius 2 is 1.58 bits per heavy atom. The monoisotopic (exact) mass is 511 g/mol. The van der Waals surface area contributed by atoms with E-state index in [0.717, 1.165) is 5.56 Å². The fraction of sp³-hybridized carbons (Fsp3) is 0.0357. The first-order valence-corrected chi connectivity index (χ1v) is 11.7. The smallest absolute Gasteiger partial charge is 0.344 e. The molecule has 1 aliphatic heterocycles. The molecule has 6 nitrogen and oxygen atoms in total. The summed E-state index contributed by atoms with van der Waals surface area (Å²) in [6, 6.07) is 23.3. The summed E-state index contributed by atoms with van der Waals surface area (Å²) in [5.74, 6) is -0.145. The van der Waals surface area contributed by atoms with Crippen molar-refractivity contribution in [2.45, 2.75) is 5.92 Å². The summed E-state index contributed by atoms with van der Waals surface area (Å²) in [5.41, 5.74) is 9.24. The predicted molar refractivity (Wildman–Crippen MR) is 139 cm³/mol. The van der Waals surface area contributed by atoms with Crippen LogP contribution < -0.4 is 16.1 Å². The Kier molecular flexibility index (Phi) is 5.18. The van der Waals surface area contributed by atoms with E-state index < -0.39 is 11.5 Å². The summed E-state index contributed by atoms with van der Waals surface area (Å²) in [6.07, 6.45) is 0. The maximum Gasteiger partial charge on any atom is 0.344 e. The molecule has 0 bridgehead atoms. The average molecular weight is 512 g/mol. The topological polar surface area (TPSA) is 102 Å². The Balaban J connectivity index is 1.71. The number of ether oxygens (including phenoxy) is 1. The number of hydrogen-bond donors (Lipinski definition) is 1. The molecule has 36 heavy (non-hydrogen) atoms. The van der Waals surface area contributed by atoms with Gasteiger partial charge >= 0.3 is 5.63 Å². The lowest BCUT2D eigenvalue weighted by atomic mass is 9.82. The minimum atomic E-state index is -0.694. The highest BCUT2D eigenvalue weighted by molar-refractivity contribution is 6.30. The quantitative estimate of drug-likeness (QED) is 0.253. The van der Waals surface area contributed by atoms with Crippen molar-refractivity contribution < 1.29 is 9.15 Å². The molecule has 8 heteroatoms. The number of rotatable bonds is 2. The first-order chi connectivity index (χ1) is 17.5. The van der Waals surface area contributed by atoms with Gasteiger partial charge in [-0.3, -0.25) is 0 Å². The van der Waals surface area contributed by atoms with E-state index >= 15 is 0 Å². The Labute approximate surface area is 215 Å². The van der Waals surface area contributed by atoms with E-state index in [0.29, 0.717) is 43.6 Å².